The first kappa shape index (κ1) is 16.8. The van der Waals surface area contributed by atoms with E-state index in [1.165, 1.54) is 12.1 Å². The van der Waals surface area contributed by atoms with E-state index >= 15 is 0 Å². The van der Waals surface area contributed by atoms with Gasteiger partial charge in [-0.1, -0.05) is 6.07 Å². The van der Waals surface area contributed by atoms with Crippen molar-refractivity contribution in [1.82, 2.24) is 5.32 Å². The molecule has 23 heavy (non-hydrogen) atoms. The molecular weight excluding hydrogens is 296 g/mol. The molecule has 1 aliphatic heterocycles. The van der Waals surface area contributed by atoms with Crippen LogP contribution < -0.4 is 10.1 Å². The fourth-order valence-electron chi connectivity index (χ4n) is 2.31. The Morgan fingerprint density at radius 1 is 1.61 bits per heavy atom. The Labute approximate surface area is 135 Å². The van der Waals surface area contributed by atoms with Crippen LogP contribution in [0.1, 0.15) is 25.3 Å². The zero-order chi connectivity index (χ0) is 16.7. The molecule has 122 valence electrons. The Morgan fingerprint density at radius 3 is 3.09 bits per heavy atom. The normalized spacial score (nSPS) is 17.6. The zero-order valence-corrected chi connectivity index (χ0v) is 13.0. The number of nitrogens with one attached hydrogen (secondary N) is 1. The van der Waals surface area contributed by atoms with Crippen molar-refractivity contribution < 1.29 is 19.4 Å². The van der Waals surface area contributed by atoms with Crippen molar-refractivity contribution in [1.29, 1.82) is 5.26 Å². The van der Waals surface area contributed by atoms with Crippen LogP contribution in [0.2, 0.25) is 0 Å². The highest BCUT2D eigenvalue weighted by molar-refractivity contribution is 6.01. The molecule has 2 N–H and O–H groups in total. The minimum atomic E-state index is -0.436. The first-order valence-corrected chi connectivity index (χ1v) is 7.61. The number of phenols is 1. The van der Waals surface area contributed by atoms with E-state index in [0.717, 1.165) is 19.4 Å². The van der Waals surface area contributed by atoms with Crippen LogP contribution >= 0.6 is 0 Å². The number of benzene rings is 1. The van der Waals surface area contributed by atoms with Crippen LogP contribution in [0.5, 0.6) is 11.5 Å². The molecule has 1 saturated heterocycles. The van der Waals surface area contributed by atoms with Gasteiger partial charge < -0.3 is 19.9 Å². The summed E-state index contributed by atoms with van der Waals surface area (Å²) >= 11 is 0. The van der Waals surface area contributed by atoms with Gasteiger partial charge in [-0.15, -0.1) is 0 Å². The van der Waals surface area contributed by atoms with Gasteiger partial charge in [0.25, 0.3) is 5.91 Å². The Hall–Kier alpha value is -2.52. The molecule has 2 rings (SSSR count). The summed E-state index contributed by atoms with van der Waals surface area (Å²) < 4.78 is 10.7. The number of nitrogens with zero attached hydrogens (tertiary/aromatic N) is 1. The average molecular weight is 316 g/mol. The van der Waals surface area contributed by atoms with Crippen LogP contribution in [0.25, 0.3) is 6.08 Å². The third-order valence-corrected chi connectivity index (χ3v) is 3.47. The molecule has 1 heterocycles. The van der Waals surface area contributed by atoms with Gasteiger partial charge in [0.05, 0.1) is 12.7 Å². The second kappa shape index (κ2) is 8.20. The van der Waals surface area contributed by atoms with E-state index in [1.54, 1.807) is 19.1 Å². The molecule has 6 nitrogen and oxygen atoms in total. The summed E-state index contributed by atoms with van der Waals surface area (Å²) in [6.45, 7) is 3.34. The zero-order valence-electron chi connectivity index (χ0n) is 13.0. The molecule has 0 aliphatic carbocycles. The lowest BCUT2D eigenvalue weighted by atomic mass is 10.1. The minimum Gasteiger partial charge on any atom is -0.504 e. The minimum absolute atomic E-state index is 0.00358. The molecule has 0 saturated carbocycles. The number of amides is 1. The molecule has 1 amide bonds. The van der Waals surface area contributed by atoms with E-state index in [2.05, 4.69) is 5.32 Å². The van der Waals surface area contributed by atoms with Crippen LogP contribution in [0.3, 0.4) is 0 Å². The molecule has 1 aromatic carbocycles. The molecule has 1 aliphatic rings. The summed E-state index contributed by atoms with van der Waals surface area (Å²) in [6.07, 6.45) is 3.40. The second-order valence-electron chi connectivity index (χ2n) is 5.18. The average Bonchev–Trinajstić information content (AvgIpc) is 3.07. The summed E-state index contributed by atoms with van der Waals surface area (Å²) in [5, 5.41) is 21.6. The molecule has 0 bridgehead atoms. The van der Waals surface area contributed by atoms with E-state index in [0.29, 0.717) is 24.5 Å². The molecule has 0 spiro atoms. The quantitative estimate of drug-likeness (QED) is 0.618. The number of ether oxygens (including phenoxy) is 2. The summed E-state index contributed by atoms with van der Waals surface area (Å²) in [5.74, 6) is -0.0994. The van der Waals surface area contributed by atoms with Gasteiger partial charge in [0.2, 0.25) is 0 Å². The van der Waals surface area contributed by atoms with Crippen molar-refractivity contribution in [3.8, 4) is 17.6 Å². The molecule has 1 aromatic rings. The van der Waals surface area contributed by atoms with Crippen LogP contribution in [-0.4, -0.2) is 36.9 Å². The highest BCUT2D eigenvalue weighted by Gasteiger charge is 2.17. The van der Waals surface area contributed by atoms with E-state index in [1.807, 2.05) is 6.07 Å². The molecule has 6 heteroatoms. The highest BCUT2D eigenvalue weighted by atomic mass is 16.5. The van der Waals surface area contributed by atoms with Crippen LogP contribution in [0.4, 0.5) is 0 Å². The Balaban J connectivity index is 2.06. The van der Waals surface area contributed by atoms with E-state index < -0.39 is 5.91 Å². The maximum atomic E-state index is 12.1. The Kier molecular flexibility index (Phi) is 6.01. The van der Waals surface area contributed by atoms with Crippen molar-refractivity contribution in [3.05, 3.63) is 29.3 Å². The van der Waals surface area contributed by atoms with Gasteiger partial charge in [0.15, 0.2) is 11.5 Å². The Bertz CT molecular complexity index is 628. The third-order valence-electron chi connectivity index (χ3n) is 3.47. The van der Waals surface area contributed by atoms with Gasteiger partial charge in [0.1, 0.15) is 11.6 Å². The largest absolute Gasteiger partial charge is 0.504 e. The highest BCUT2D eigenvalue weighted by Crippen LogP contribution is 2.27. The maximum Gasteiger partial charge on any atom is 0.262 e. The number of carbonyl (C=O) groups is 1. The number of nitriles is 1. The third kappa shape index (κ3) is 4.73. The van der Waals surface area contributed by atoms with Crippen molar-refractivity contribution >= 4 is 12.0 Å². The van der Waals surface area contributed by atoms with Crippen molar-refractivity contribution in [3.63, 3.8) is 0 Å². The van der Waals surface area contributed by atoms with Crippen molar-refractivity contribution in [2.75, 3.05) is 19.8 Å². The van der Waals surface area contributed by atoms with Crippen molar-refractivity contribution in [2.24, 2.45) is 0 Å². The summed E-state index contributed by atoms with van der Waals surface area (Å²) in [7, 11) is 0. The number of phenolic OH excluding ortho intramolecular Hbond substituents is 1. The first-order chi connectivity index (χ1) is 11.1. The predicted molar refractivity (Wildman–Crippen MR) is 84.8 cm³/mol. The number of aromatic hydroxyl groups is 1. The number of hydrogen-bond donors (Lipinski definition) is 2. The summed E-state index contributed by atoms with van der Waals surface area (Å²) in [4.78, 5) is 12.1. The molecule has 0 radical (unpaired) electrons. The van der Waals surface area contributed by atoms with Crippen LogP contribution in [0, 0.1) is 11.3 Å². The van der Waals surface area contributed by atoms with Gasteiger partial charge in [-0.2, -0.15) is 5.26 Å². The number of hydrogen-bond acceptors (Lipinski definition) is 5. The van der Waals surface area contributed by atoms with E-state index in [4.69, 9.17) is 9.47 Å². The summed E-state index contributed by atoms with van der Waals surface area (Å²) in [6, 6.07) is 6.57. The fraction of sp³-hybridized carbons (Fsp3) is 0.412. The van der Waals surface area contributed by atoms with Gasteiger partial charge in [-0.25, -0.2) is 0 Å². The van der Waals surface area contributed by atoms with Crippen molar-refractivity contribution in [2.45, 2.75) is 25.9 Å². The lowest BCUT2D eigenvalue weighted by Crippen LogP contribution is -2.32. The van der Waals surface area contributed by atoms with E-state index in [9.17, 15) is 15.2 Å². The Morgan fingerprint density at radius 2 is 2.43 bits per heavy atom. The fourth-order valence-corrected chi connectivity index (χ4v) is 2.31. The first-order valence-electron chi connectivity index (χ1n) is 7.61. The topological polar surface area (TPSA) is 91.6 Å². The molecule has 1 unspecified atom stereocenters. The van der Waals surface area contributed by atoms with Gasteiger partial charge >= 0.3 is 0 Å². The summed E-state index contributed by atoms with van der Waals surface area (Å²) in [5.41, 5.74) is 0.603. The predicted octanol–water partition coefficient (Wildman–Crippen LogP) is 1.99. The van der Waals surface area contributed by atoms with Gasteiger partial charge in [-0.05, 0) is 43.5 Å². The molecule has 1 atom stereocenters. The monoisotopic (exact) mass is 316 g/mol. The standard InChI is InChI=1S/C17H20N2O4/c1-2-22-16-9-12(5-6-15(16)20)8-13(10-18)17(21)19-11-14-4-3-7-23-14/h5-6,8-9,14,20H,2-4,7,11H2,1H3,(H,19,21)/b13-8+. The van der Waals surface area contributed by atoms with Gasteiger partial charge in [0, 0.05) is 13.2 Å². The van der Waals surface area contributed by atoms with Crippen LogP contribution in [0.15, 0.2) is 23.8 Å². The maximum absolute atomic E-state index is 12.1. The SMILES string of the molecule is CCOc1cc(/C=C(\C#N)C(=O)NCC2CCCO2)ccc1O. The number of rotatable bonds is 6. The van der Waals surface area contributed by atoms with E-state index in [-0.39, 0.29) is 17.4 Å². The molecule has 0 aromatic heterocycles. The lowest BCUT2D eigenvalue weighted by Gasteiger charge is -2.10. The second-order valence-corrected chi connectivity index (χ2v) is 5.18. The van der Waals surface area contributed by atoms with Crippen LogP contribution in [-0.2, 0) is 9.53 Å². The molecule has 1 fully saturated rings. The van der Waals surface area contributed by atoms with Gasteiger partial charge in [-0.3, -0.25) is 4.79 Å². The smallest absolute Gasteiger partial charge is 0.262 e. The molecular formula is C17H20N2O4. The number of carbonyl (C=O) groups excluding carboxylic acids is 1. The lowest BCUT2D eigenvalue weighted by molar-refractivity contribution is -0.117.